The van der Waals surface area contributed by atoms with Gasteiger partial charge in [0.25, 0.3) is 0 Å². The summed E-state index contributed by atoms with van der Waals surface area (Å²) >= 11 is 0. The van der Waals surface area contributed by atoms with E-state index in [-0.39, 0.29) is 6.03 Å². The molecule has 0 bridgehead atoms. The first-order chi connectivity index (χ1) is 20.2. The maximum atomic E-state index is 11.6. The lowest BCUT2D eigenvalue weighted by atomic mass is 10.1. The fraction of sp³-hybridized carbons (Fsp3) is 0.658. The topological polar surface area (TPSA) is 46.3 Å². The Morgan fingerprint density at radius 3 is 1.07 bits per heavy atom. The number of amides is 2. The van der Waals surface area contributed by atoms with Crippen LogP contribution in [0.25, 0.3) is 0 Å². The molecule has 0 aliphatic carbocycles. The molecule has 0 aliphatic heterocycles. The highest BCUT2D eigenvalue weighted by atomic mass is 16.2. The highest BCUT2D eigenvalue weighted by molar-refractivity contribution is 5.71. The van der Waals surface area contributed by atoms with Crippen LogP contribution in [-0.4, -0.2) is 24.0 Å². The first-order valence-electron chi connectivity index (χ1n) is 17.3. The normalized spacial score (nSPS) is 10.7. The summed E-state index contributed by atoms with van der Waals surface area (Å²) < 4.78 is 0. The smallest absolute Gasteiger partial charge is 0.314 e. The Balaban J connectivity index is 0.000000528. The largest absolute Gasteiger partial charge is 0.351 e. The number of rotatable bonds is 24. The molecule has 41 heavy (non-hydrogen) atoms. The Bertz CT molecular complexity index is 746. The quantitative estimate of drug-likeness (QED) is 0.127. The SMILES string of the molecule is CCCCCCCCCCCCN(CCCCCCCCCCCC)C(N)=O.c1ccc(Cc2ccccc2)cc1. The minimum Gasteiger partial charge on any atom is -0.351 e. The molecule has 2 rings (SSSR count). The molecule has 232 valence electrons. The zero-order chi connectivity index (χ0) is 29.6. The van der Waals surface area contributed by atoms with Gasteiger partial charge < -0.3 is 10.6 Å². The van der Waals surface area contributed by atoms with Crippen LogP contribution >= 0.6 is 0 Å². The molecule has 3 nitrogen and oxygen atoms in total. The highest BCUT2D eigenvalue weighted by Crippen LogP contribution is 2.13. The standard InChI is InChI=1S/C25H52N2O.C13H12/c1-3-5-7-9-11-13-15-17-19-21-23-27(25(26)28)24-22-20-18-16-14-12-10-8-6-4-2;1-3-7-12(8-4-1)11-13-9-5-2-6-10-13/h3-24H2,1-2H3,(H2,26,28);1-10H,11H2. The summed E-state index contributed by atoms with van der Waals surface area (Å²) in [6, 6.07) is 20.8. The minimum atomic E-state index is -0.230. The van der Waals surface area contributed by atoms with E-state index in [9.17, 15) is 4.79 Å². The summed E-state index contributed by atoms with van der Waals surface area (Å²) in [7, 11) is 0. The average molecular weight is 565 g/mol. The van der Waals surface area contributed by atoms with E-state index in [1.165, 1.54) is 127 Å². The molecule has 0 fully saturated rings. The average Bonchev–Trinajstić information content (AvgIpc) is 2.99. The van der Waals surface area contributed by atoms with Gasteiger partial charge in [-0.25, -0.2) is 4.79 Å². The van der Waals surface area contributed by atoms with Gasteiger partial charge in [-0.05, 0) is 30.4 Å². The van der Waals surface area contributed by atoms with E-state index in [1.807, 2.05) is 4.90 Å². The second-order valence-electron chi connectivity index (χ2n) is 11.8. The van der Waals surface area contributed by atoms with Crippen molar-refractivity contribution in [1.29, 1.82) is 0 Å². The number of carbonyl (C=O) groups excluding carboxylic acids is 1. The number of carbonyl (C=O) groups is 1. The van der Waals surface area contributed by atoms with E-state index in [0.29, 0.717) is 0 Å². The number of unbranched alkanes of at least 4 members (excludes halogenated alkanes) is 18. The molecule has 2 aromatic rings. The molecule has 0 radical (unpaired) electrons. The van der Waals surface area contributed by atoms with Gasteiger partial charge in [0.2, 0.25) is 0 Å². The Hall–Kier alpha value is -2.29. The summed E-state index contributed by atoms with van der Waals surface area (Å²) in [5.41, 5.74) is 8.30. The van der Waals surface area contributed by atoms with Crippen molar-refractivity contribution < 1.29 is 4.79 Å². The molecule has 0 aromatic heterocycles. The van der Waals surface area contributed by atoms with E-state index in [4.69, 9.17) is 5.73 Å². The van der Waals surface area contributed by atoms with Crippen LogP contribution < -0.4 is 5.73 Å². The maximum absolute atomic E-state index is 11.6. The number of benzene rings is 2. The summed E-state index contributed by atoms with van der Waals surface area (Å²) in [6.45, 7) is 6.24. The Morgan fingerprint density at radius 1 is 0.488 bits per heavy atom. The van der Waals surface area contributed by atoms with Crippen LogP contribution in [0.2, 0.25) is 0 Å². The van der Waals surface area contributed by atoms with Crippen LogP contribution in [0, 0.1) is 0 Å². The molecule has 0 aliphatic rings. The van der Waals surface area contributed by atoms with Crippen molar-refractivity contribution in [3.8, 4) is 0 Å². The van der Waals surface area contributed by atoms with Gasteiger partial charge in [0, 0.05) is 13.1 Å². The summed E-state index contributed by atoms with van der Waals surface area (Å²) in [4.78, 5) is 13.5. The lowest BCUT2D eigenvalue weighted by molar-refractivity contribution is 0.204. The van der Waals surface area contributed by atoms with E-state index < -0.39 is 0 Å². The van der Waals surface area contributed by atoms with Crippen LogP contribution in [0.5, 0.6) is 0 Å². The minimum absolute atomic E-state index is 0.230. The fourth-order valence-corrected chi connectivity index (χ4v) is 5.34. The van der Waals surface area contributed by atoms with E-state index >= 15 is 0 Å². The molecule has 0 atom stereocenters. The Morgan fingerprint density at radius 2 is 0.780 bits per heavy atom. The van der Waals surface area contributed by atoms with Crippen LogP contribution in [-0.2, 0) is 6.42 Å². The van der Waals surface area contributed by atoms with E-state index in [1.54, 1.807) is 0 Å². The van der Waals surface area contributed by atoms with Gasteiger partial charge in [-0.3, -0.25) is 0 Å². The first kappa shape index (κ1) is 36.7. The zero-order valence-electron chi connectivity index (χ0n) is 27.0. The molecule has 2 N–H and O–H groups in total. The number of primary amides is 1. The Kier molecular flexibility index (Phi) is 25.0. The first-order valence-corrected chi connectivity index (χ1v) is 17.3. The van der Waals surface area contributed by atoms with E-state index in [2.05, 4.69) is 74.5 Å². The van der Waals surface area contributed by atoms with Crippen LogP contribution in [0.15, 0.2) is 60.7 Å². The van der Waals surface area contributed by atoms with Crippen molar-refractivity contribution in [2.24, 2.45) is 5.73 Å². The number of urea groups is 1. The molecule has 0 unspecified atom stereocenters. The third-order valence-corrected chi connectivity index (χ3v) is 7.97. The predicted octanol–water partition coefficient (Wildman–Crippen LogP) is 11.5. The van der Waals surface area contributed by atoms with E-state index in [0.717, 1.165) is 32.4 Å². The number of nitrogens with zero attached hydrogens (tertiary/aromatic N) is 1. The molecule has 2 aromatic carbocycles. The van der Waals surface area contributed by atoms with Crippen molar-refractivity contribution in [1.82, 2.24) is 4.90 Å². The van der Waals surface area contributed by atoms with Crippen LogP contribution in [0.1, 0.15) is 153 Å². The van der Waals surface area contributed by atoms with Crippen molar-refractivity contribution in [3.63, 3.8) is 0 Å². The lowest BCUT2D eigenvalue weighted by Gasteiger charge is -2.20. The van der Waals surface area contributed by atoms with Gasteiger partial charge in [-0.2, -0.15) is 0 Å². The summed E-state index contributed by atoms with van der Waals surface area (Å²) in [5.74, 6) is 0. The molecular formula is C38H64N2O. The maximum Gasteiger partial charge on any atom is 0.314 e. The van der Waals surface area contributed by atoms with Crippen molar-refractivity contribution in [3.05, 3.63) is 71.8 Å². The number of hydrogen-bond donors (Lipinski definition) is 1. The van der Waals surface area contributed by atoms with Crippen LogP contribution in [0.4, 0.5) is 4.79 Å². The fourth-order valence-electron chi connectivity index (χ4n) is 5.34. The molecular weight excluding hydrogens is 500 g/mol. The van der Waals surface area contributed by atoms with Gasteiger partial charge in [-0.15, -0.1) is 0 Å². The van der Waals surface area contributed by atoms with Gasteiger partial charge in [0.1, 0.15) is 0 Å². The van der Waals surface area contributed by atoms with Crippen molar-refractivity contribution in [2.45, 2.75) is 149 Å². The number of nitrogens with two attached hydrogens (primary N) is 1. The third-order valence-electron chi connectivity index (χ3n) is 7.97. The Labute approximate surface area is 254 Å². The molecule has 0 heterocycles. The second-order valence-corrected chi connectivity index (χ2v) is 11.8. The van der Waals surface area contributed by atoms with Gasteiger partial charge in [0.15, 0.2) is 0 Å². The molecule has 3 heteroatoms. The second kappa shape index (κ2) is 27.9. The summed E-state index contributed by atoms with van der Waals surface area (Å²) in [6.07, 6.45) is 27.6. The molecule has 0 saturated heterocycles. The number of hydrogen-bond acceptors (Lipinski definition) is 1. The molecule has 2 amide bonds. The van der Waals surface area contributed by atoms with Gasteiger partial charge in [0.05, 0.1) is 0 Å². The van der Waals surface area contributed by atoms with Crippen molar-refractivity contribution >= 4 is 6.03 Å². The summed E-state index contributed by atoms with van der Waals surface area (Å²) in [5, 5.41) is 0. The zero-order valence-corrected chi connectivity index (χ0v) is 27.0. The predicted molar refractivity (Wildman–Crippen MR) is 181 cm³/mol. The van der Waals surface area contributed by atoms with Crippen LogP contribution in [0.3, 0.4) is 0 Å². The van der Waals surface area contributed by atoms with Crippen molar-refractivity contribution in [2.75, 3.05) is 13.1 Å². The third kappa shape index (κ3) is 23.0. The van der Waals surface area contributed by atoms with Gasteiger partial charge >= 0.3 is 6.03 Å². The van der Waals surface area contributed by atoms with Gasteiger partial charge in [-0.1, -0.05) is 190 Å². The lowest BCUT2D eigenvalue weighted by Crippen LogP contribution is -2.37. The monoisotopic (exact) mass is 565 g/mol. The molecule has 0 saturated carbocycles. The molecule has 0 spiro atoms. The highest BCUT2D eigenvalue weighted by Gasteiger charge is 2.08.